The number of rotatable bonds is 15. The number of unbranched alkanes of at least 4 members (excludes halogenated alkanes) is 1. The highest BCUT2D eigenvalue weighted by Gasteiger charge is 2.23. The molecule has 2 amide bonds. The van der Waals surface area contributed by atoms with Gasteiger partial charge in [0, 0.05) is 41.6 Å². The van der Waals surface area contributed by atoms with Crippen LogP contribution < -0.4 is 0 Å². The van der Waals surface area contributed by atoms with Crippen molar-refractivity contribution in [2.24, 2.45) is 0 Å². The van der Waals surface area contributed by atoms with Crippen molar-refractivity contribution >= 4 is 23.2 Å². The molecule has 0 atom stereocenters. The Morgan fingerprint density at radius 2 is 1.59 bits per heavy atom. The number of ether oxygens (including phenoxy) is 1. The van der Waals surface area contributed by atoms with Crippen LogP contribution in [-0.2, 0) is 29.0 Å². The molecule has 0 aliphatic heterocycles. The smallest absolute Gasteiger partial charge is 0.254 e. The zero-order valence-electron chi connectivity index (χ0n) is 22.4. The number of carbonyl (C=O) groups excluding carboxylic acids is 2. The lowest BCUT2D eigenvalue weighted by molar-refractivity contribution is -0.133. The second-order valence-electron chi connectivity index (χ2n) is 9.33. The van der Waals surface area contributed by atoms with Gasteiger partial charge in [0.1, 0.15) is 6.54 Å². The van der Waals surface area contributed by atoms with Crippen LogP contribution in [0.15, 0.2) is 66.7 Å². The predicted molar refractivity (Wildman–Crippen MR) is 152 cm³/mol. The average Bonchev–Trinajstić information content (AvgIpc) is 3.33. The van der Waals surface area contributed by atoms with E-state index in [1.165, 1.54) is 10.4 Å². The molecule has 0 bridgehead atoms. The zero-order valence-corrected chi connectivity index (χ0v) is 23.3. The van der Waals surface area contributed by atoms with E-state index in [1.807, 2.05) is 66.4 Å². The molecule has 0 N–H and O–H groups in total. The van der Waals surface area contributed by atoms with Crippen LogP contribution in [0.5, 0.6) is 0 Å². The van der Waals surface area contributed by atoms with Gasteiger partial charge in [-0.05, 0) is 68.5 Å². The molecule has 37 heavy (non-hydrogen) atoms. The molecule has 3 aromatic rings. The normalized spacial score (nSPS) is 10.9. The van der Waals surface area contributed by atoms with Crippen molar-refractivity contribution in [2.45, 2.75) is 59.5 Å². The maximum Gasteiger partial charge on any atom is 0.254 e. The van der Waals surface area contributed by atoms with Gasteiger partial charge in [-0.15, -0.1) is 11.3 Å². The Morgan fingerprint density at radius 3 is 2.24 bits per heavy atom. The molecule has 0 aliphatic rings. The minimum atomic E-state index is -0.112. The van der Waals surface area contributed by atoms with Crippen LogP contribution in [0, 0.1) is 6.92 Å². The summed E-state index contributed by atoms with van der Waals surface area (Å²) in [7, 11) is 0. The van der Waals surface area contributed by atoms with Gasteiger partial charge in [0.05, 0.1) is 6.54 Å². The molecule has 2 aromatic carbocycles. The minimum Gasteiger partial charge on any atom is -0.382 e. The van der Waals surface area contributed by atoms with E-state index in [2.05, 4.69) is 26.0 Å². The maximum atomic E-state index is 13.7. The third kappa shape index (κ3) is 9.45. The van der Waals surface area contributed by atoms with Crippen LogP contribution in [0.25, 0.3) is 0 Å². The first-order valence-corrected chi connectivity index (χ1v) is 14.1. The lowest BCUT2D eigenvalue weighted by Crippen LogP contribution is -2.43. The third-order valence-electron chi connectivity index (χ3n) is 6.27. The summed E-state index contributed by atoms with van der Waals surface area (Å²) in [5.41, 5.74) is 2.92. The molecule has 0 spiro atoms. The van der Waals surface area contributed by atoms with E-state index in [0.717, 1.165) is 29.7 Å². The Hall–Kier alpha value is -2.96. The number of aryl methyl sites for hydroxylation is 2. The highest BCUT2D eigenvalue weighted by molar-refractivity contribution is 7.11. The van der Waals surface area contributed by atoms with Crippen molar-refractivity contribution in [1.82, 2.24) is 9.80 Å². The first-order chi connectivity index (χ1) is 18.0. The molecule has 0 unspecified atom stereocenters. The van der Waals surface area contributed by atoms with Crippen molar-refractivity contribution in [2.75, 3.05) is 26.3 Å². The van der Waals surface area contributed by atoms with Crippen molar-refractivity contribution in [3.8, 4) is 0 Å². The third-order valence-corrected chi connectivity index (χ3v) is 7.25. The summed E-state index contributed by atoms with van der Waals surface area (Å²) < 4.78 is 5.50. The van der Waals surface area contributed by atoms with Crippen molar-refractivity contribution < 1.29 is 14.3 Å². The highest BCUT2D eigenvalue weighted by Crippen LogP contribution is 2.19. The zero-order chi connectivity index (χ0) is 26.5. The van der Waals surface area contributed by atoms with Gasteiger partial charge in [-0.3, -0.25) is 9.59 Å². The fraction of sp³-hybridized carbons (Fsp3) is 0.419. The number of amides is 2. The van der Waals surface area contributed by atoms with Crippen molar-refractivity contribution in [1.29, 1.82) is 0 Å². The largest absolute Gasteiger partial charge is 0.382 e. The second-order valence-corrected chi connectivity index (χ2v) is 10.7. The highest BCUT2D eigenvalue weighted by atomic mass is 32.1. The van der Waals surface area contributed by atoms with Gasteiger partial charge >= 0.3 is 0 Å². The molecule has 0 aliphatic carbocycles. The SMILES string of the molecule is CCCCc1ccc(C(=O)N(CCCOCC)CC(=O)N(Cc2ccccc2)Cc2ccc(C)s2)cc1. The number of nitrogens with zero attached hydrogens (tertiary/aromatic N) is 2. The Balaban J connectivity index is 1.77. The fourth-order valence-corrected chi connectivity index (χ4v) is 5.10. The number of thiophene rings is 1. The molecule has 0 radical (unpaired) electrons. The van der Waals surface area contributed by atoms with E-state index in [4.69, 9.17) is 4.74 Å². The van der Waals surface area contributed by atoms with E-state index in [9.17, 15) is 9.59 Å². The number of benzene rings is 2. The van der Waals surface area contributed by atoms with Crippen LogP contribution >= 0.6 is 11.3 Å². The molecule has 0 fully saturated rings. The van der Waals surface area contributed by atoms with E-state index in [1.54, 1.807) is 16.2 Å². The quantitative estimate of drug-likeness (QED) is 0.215. The Labute approximate surface area is 226 Å². The first-order valence-electron chi connectivity index (χ1n) is 13.3. The summed E-state index contributed by atoms with van der Waals surface area (Å²) in [6.07, 6.45) is 3.97. The van der Waals surface area contributed by atoms with E-state index < -0.39 is 0 Å². The van der Waals surface area contributed by atoms with Crippen LogP contribution in [0.3, 0.4) is 0 Å². The monoisotopic (exact) mass is 520 g/mol. The molecular weight excluding hydrogens is 480 g/mol. The molecule has 1 heterocycles. The van der Waals surface area contributed by atoms with Gasteiger partial charge in [-0.2, -0.15) is 0 Å². The number of hydrogen-bond acceptors (Lipinski definition) is 4. The molecule has 6 heteroatoms. The predicted octanol–water partition coefficient (Wildman–Crippen LogP) is 6.50. The maximum absolute atomic E-state index is 13.7. The first kappa shape index (κ1) is 28.6. The molecule has 1 aromatic heterocycles. The summed E-state index contributed by atoms with van der Waals surface area (Å²) in [4.78, 5) is 33.1. The molecule has 198 valence electrons. The molecule has 5 nitrogen and oxygen atoms in total. The summed E-state index contributed by atoms with van der Waals surface area (Å²) in [5.74, 6) is -0.169. The second kappa shape index (κ2) is 15.3. The summed E-state index contributed by atoms with van der Waals surface area (Å²) in [6.45, 7) is 8.95. The van der Waals surface area contributed by atoms with E-state index >= 15 is 0 Å². The van der Waals surface area contributed by atoms with Crippen LogP contribution in [0.1, 0.15) is 64.3 Å². The van der Waals surface area contributed by atoms with E-state index in [0.29, 0.717) is 44.8 Å². The lowest BCUT2D eigenvalue weighted by Gasteiger charge is -2.28. The van der Waals surface area contributed by atoms with Crippen LogP contribution in [0.4, 0.5) is 0 Å². The van der Waals surface area contributed by atoms with Crippen molar-refractivity contribution in [3.63, 3.8) is 0 Å². The standard InChI is InChI=1S/C31H40N2O3S/c1-4-6-11-26-15-17-28(18-16-26)31(35)32(20-10-21-36-5-2)24-30(34)33(22-27-12-8-7-9-13-27)23-29-19-14-25(3)37-29/h7-9,12-19H,4-6,10-11,20-24H2,1-3H3. The van der Waals surface area contributed by atoms with Gasteiger partial charge in [-0.25, -0.2) is 0 Å². The molecular formula is C31H40N2O3S. The van der Waals surface area contributed by atoms with E-state index in [-0.39, 0.29) is 18.4 Å². The Morgan fingerprint density at radius 1 is 0.838 bits per heavy atom. The summed E-state index contributed by atoms with van der Waals surface area (Å²) in [6, 6.07) is 22.0. The van der Waals surface area contributed by atoms with Gasteiger partial charge in [0.2, 0.25) is 5.91 Å². The lowest BCUT2D eigenvalue weighted by atomic mass is 10.1. The summed E-state index contributed by atoms with van der Waals surface area (Å²) >= 11 is 1.70. The molecule has 3 rings (SSSR count). The van der Waals surface area contributed by atoms with Crippen LogP contribution in [0.2, 0.25) is 0 Å². The van der Waals surface area contributed by atoms with Gasteiger partial charge in [-0.1, -0.05) is 55.8 Å². The summed E-state index contributed by atoms with van der Waals surface area (Å²) in [5, 5.41) is 0. The molecule has 0 saturated carbocycles. The average molecular weight is 521 g/mol. The van der Waals surface area contributed by atoms with Gasteiger partial charge in [0.15, 0.2) is 0 Å². The number of carbonyl (C=O) groups is 2. The number of hydrogen-bond donors (Lipinski definition) is 0. The topological polar surface area (TPSA) is 49.9 Å². The molecule has 0 saturated heterocycles. The van der Waals surface area contributed by atoms with Crippen molar-refractivity contribution in [3.05, 3.63) is 93.2 Å². The Bertz CT molecular complexity index is 1100. The van der Waals surface area contributed by atoms with Crippen LogP contribution in [-0.4, -0.2) is 47.9 Å². The Kier molecular flexibility index (Phi) is 11.9. The fourth-order valence-electron chi connectivity index (χ4n) is 4.19. The van der Waals surface area contributed by atoms with Gasteiger partial charge in [0.25, 0.3) is 5.91 Å². The van der Waals surface area contributed by atoms with Gasteiger partial charge < -0.3 is 14.5 Å². The minimum absolute atomic E-state index is 0.0414.